The maximum Gasteiger partial charge on any atom is 0.368 e. The van der Waals surface area contributed by atoms with Crippen molar-refractivity contribution in [1.29, 1.82) is 0 Å². The second-order valence-corrected chi connectivity index (χ2v) is 7.12. The lowest BCUT2D eigenvalue weighted by atomic mass is 10.0. The highest BCUT2D eigenvalue weighted by Crippen LogP contribution is 2.27. The van der Waals surface area contributed by atoms with Crippen LogP contribution in [-0.2, 0) is 13.7 Å². The highest BCUT2D eigenvalue weighted by atomic mass is 16.5. The molecule has 0 fully saturated rings. The van der Waals surface area contributed by atoms with Crippen LogP contribution in [0.25, 0.3) is 11.4 Å². The minimum Gasteiger partial charge on any atom is -0.489 e. The number of hydrogen-bond donors (Lipinski definition) is 1. The molecule has 8 nitrogen and oxygen atoms in total. The molecule has 1 aromatic heterocycles. The van der Waals surface area contributed by atoms with Crippen LogP contribution in [0.5, 0.6) is 5.75 Å². The zero-order chi connectivity index (χ0) is 21.8. The Morgan fingerprint density at radius 3 is 2.60 bits per heavy atom. The van der Waals surface area contributed by atoms with E-state index in [1.54, 1.807) is 26.4 Å². The van der Waals surface area contributed by atoms with Gasteiger partial charge >= 0.3 is 5.69 Å². The molecule has 0 radical (unpaired) electrons. The summed E-state index contributed by atoms with van der Waals surface area (Å²) in [6.45, 7) is 6.24. The molecule has 0 bridgehead atoms. The van der Waals surface area contributed by atoms with Gasteiger partial charge in [-0.05, 0) is 72.2 Å². The van der Waals surface area contributed by atoms with Gasteiger partial charge in [0.2, 0.25) is 0 Å². The number of rotatable bonds is 6. The van der Waals surface area contributed by atoms with Gasteiger partial charge in [0.15, 0.2) is 0 Å². The van der Waals surface area contributed by atoms with Crippen molar-refractivity contribution >= 4 is 11.9 Å². The van der Waals surface area contributed by atoms with E-state index in [1.807, 2.05) is 51.1 Å². The third-order valence-corrected chi connectivity index (χ3v) is 4.94. The van der Waals surface area contributed by atoms with Gasteiger partial charge in [-0.1, -0.05) is 12.1 Å². The third-order valence-electron chi connectivity index (χ3n) is 4.94. The summed E-state index contributed by atoms with van der Waals surface area (Å²) in [5.74, 6) is 0.758. The van der Waals surface area contributed by atoms with Gasteiger partial charge in [0, 0.05) is 37.1 Å². The predicted octanol–water partition coefficient (Wildman–Crippen LogP) is 2.47. The lowest BCUT2D eigenvalue weighted by molar-refractivity contribution is 0.302. The molecule has 0 saturated carbocycles. The molecule has 156 valence electrons. The first kappa shape index (κ1) is 21.0. The topological polar surface area (TPSA) is 100 Å². The molecular formula is C22H26N6O2. The number of nitrogens with zero attached hydrogens (tertiary/aromatic N) is 5. The molecular weight excluding hydrogens is 380 g/mol. The molecule has 3 aromatic rings. The van der Waals surface area contributed by atoms with Crippen molar-refractivity contribution in [3.05, 3.63) is 74.7 Å². The maximum atomic E-state index is 12.3. The Balaban J connectivity index is 1.92. The first-order chi connectivity index (χ1) is 14.3. The molecule has 0 aliphatic carbocycles. The number of tetrazole rings is 1. The molecule has 0 aliphatic heterocycles. The summed E-state index contributed by atoms with van der Waals surface area (Å²) < 4.78 is 8.63. The number of aliphatic imine (C=N–C) groups is 1. The van der Waals surface area contributed by atoms with Crippen molar-refractivity contribution in [2.75, 3.05) is 7.05 Å². The van der Waals surface area contributed by atoms with E-state index < -0.39 is 0 Å². The van der Waals surface area contributed by atoms with E-state index in [0.717, 1.165) is 33.6 Å². The number of nitrogens with two attached hydrogens (primary N) is 1. The average Bonchev–Trinajstić information content (AvgIpc) is 3.05. The first-order valence-electron chi connectivity index (χ1n) is 9.53. The number of benzene rings is 2. The fourth-order valence-electron chi connectivity index (χ4n) is 3.19. The lowest BCUT2D eigenvalue weighted by Gasteiger charge is -2.16. The van der Waals surface area contributed by atoms with Crippen LogP contribution in [-0.4, -0.2) is 33.1 Å². The fraction of sp³-hybridized carbons (Fsp3) is 0.273. The second kappa shape index (κ2) is 8.77. The Kier molecular flexibility index (Phi) is 6.15. The Hall–Kier alpha value is -3.68. The predicted molar refractivity (Wildman–Crippen MR) is 118 cm³/mol. The van der Waals surface area contributed by atoms with Crippen molar-refractivity contribution in [3.63, 3.8) is 0 Å². The van der Waals surface area contributed by atoms with E-state index in [2.05, 4.69) is 15.4 Å². The molecule has 2 aromatic carbocycles. The molecule has 0 saturated heterocycles. The molecule has 8 heteroatoms. The molecule has 1 heterocycles. The van der Waals surface area contributed by atoms with Gasteiger partial charge < -0.3 is 10.5 Å². The van der Waals surface area contributed by atoms with Crippen molar-refractivity contribution in [1.82, 2.24) is 19.8 Å². The molecule has 0 unspecified atom stereocenters. The number of allylic oxidation sites excluding steroid dienone is 1. The van der Waals surface area contributed by atoms with Crippen LogP contribution in [0, 0.1) is 20.8 Å². The van der Waals surface area contributed by atoms with Gasteiger partial charge in [0.05, 0.1) is 5.69 Å². The van der Waals surface area contributed by atoms with Crippen LogP contribution < -0.4 is 16.2 Å². The highest BCUT2D eigenvalue weighted by molar-refractivity contribution is 5.84. The average molecular weight is 406 g/mol. The fourth-order valence-corrected chi connectivity index (χ4v) is 3.19. The van der Waals surface area contributed by atoms with Crippen LogP contribution in [0.3, 0.4) is 0 Å². The Bertz CT molecular complexity index is 1190. The number of aromatic nitrogens is 4. The zero-order valence-corrected chi connectivity index (χ0v) is 17.9. The Morgan fingerprint density at radius 2 is 1.93 bits per heavy atom. The second-order valence-electron chi connectivity index (χ2n) is 7.12. The van der Waals surface area contributed by atoms with Gasteiger partial charge in [0.25, 0.3) is 0 Å². The minimum atomic E-state index is -0.309. The van der Waals surface area contributed by atoms with Gasteiger partial charge in [-0.25, -0.2) is 4.79 Å². The largest absolute Gasteiger partial charge is 0.489 e. The van der Waals surface area contributed by atoms with E-state index in [9.17, 15) is 4.79 Å². The standard InChI is InChI=1S/C22H26N6O2/c1-14-7-6-8-20(28-22(29)27(5)25-26-28)18(14)13-30-21-12-15(2)17(11-16(21)3)19(23)9-10-24-4/h6-12H,13,23H2,1-5H3. The van der Waals surface area contributed by atoms with Crippen molar-refractivity contribution in [2.45, 2.75) is 27.4 Å². The summed E-state index contributed by atoms with van der Waals surface area (Å²) in [5, 5.41) is 7.76. The first-order valence-corrected chi connectivity index (χ1v) is 9.53. The smallest absolute Gasteiger partial charge is 0.368 e. The quantitative estimate of drug-likeness (QED) is 0.634. The molecule has 2 N–H and O–H groups in total. The number of hydrogen-bond acceptors (Lipinski definition) is 6. The van der Waals surface area contributed by atoms with Crippen molar-refractivity contribution in [2.24, 2.45) is 17.8 Å². The molecule has 0 atom stereocenters. The van der Waals surface area contributed by atoms with Crippen LogP contribution in [0.4, 0.5) is 0 Å². The summed E-state index contributed by atoms with van der Waals surface area (Å²) in [4.78, 5) is 16.3. The molecule has 0 amide bonds. The summed E-state index contributed by atoms with van der Waals surface area (Å²) >= 11 is 0. The van der Waals surface area contributed by atoms with E-state index in [0.29, 0.717) is 18.0 Å². The monoisotopic (exact) mass is 406 g/mol. The number of aryl methyl sites for hydroxylation is 4. The Morgan fingerprint density at radius 1 is 1.17 bits per heavy atom. The van der Waals surface area contributed by atoms with Gasteiger partial charge in [-0.3, -0.25) is 4.99 Å². The maximum absolute atomic E-state index is 12.3. The zero-order valence-electron chi connectivity index (χ0n) is 17.9. The summed E-state index contributed by atoms with van der Waals surface area (Å²) in [7, 11) is 3.27. The summed E-state index contributed by atoms with van der Waals surface area (Å²) in [6, 6.07) is 9.68. The van der Waals surface area contributed by atoms with Crippen molar-refractivity contribution < 1.29 is 4.74 Å². The summed E-state index contributed by atoms with van der Waals surface area (Å²) in [5.41, 5.74) is 12.0. The highest BCUT2D eigenvalue weighted by Gasteiger charge is 2.14. The Labute approximate surface area is 175 Å². The summed E-state index contributed by atoms with van der Waals surface area (Å²) in [6.07, 6.45) is 3.45. The van der Waals surface area contributed by atoms with Gasteiger partial charge in [-0.2, -0.15) is 9.36 Å². The van der Waals surface area contributed by atoms with Crippen LogP contribution in [0.2, 0.25) is 0 Å². The molecule has 0 spiro atoms. The van der Waals surface area contributed by atoms with Crippen molar-refractivity contribution in [3.8, 4) is 11.4 Å². The van der Waals surface area contributed by atoms with Crippen LogP contribution in [0.1, 0.15) is 27.8 Å². The number of ether oxygens (including phenoxy) is 1. The van der Waals surface area contributed by atoms with E-state index in [1.165, 1.54) is 9.36 Å². The lowest BCUT2D eigenvalue weighted by Crippen LogP contribution is -2.23. The third kappa shape index (κ3) is 4.17. The van der Waals surface area contributed by atoms with Crippen LogP contribution >= 0.6 is 0 Å². The van der Waals surface area contributed by atoms with E-state index >= 15 is 0 Å². The van der Waals surface area contributed by atoms with E-state index in [4.69, 9.17) is 10.5 Å². The minimum absolute atomic E-state index is 0.290. The molecule has 30 heavy (non-hydrogen) atoms. The van der Waals surface area contributed by atoms with Gasteiger partial charge in [-0.15, -0.1) is 0 Å². The normalized spacial score (nSPS) is 12.0. The van der Waals surface area contributed by atoms with Gasteiger partial charge in [0.1, 0.15) is 12.4 Å². The SMILES string of the molecule is CN=CC=C(N)c1cc(C)c(OCc2c(C)cccc2-n2nnn(C)c2=O)cc1C. The van der Waals surface area contributed by atoms with Crippen LogP contribution in [0.15, 0.2) is 46.2 Å². The van der Waals surface area contributed by atoms with E-state index in [-0.39, 0.29) is 5.69 Å². The molecule has 3 rings (SSSR count). The molecule has 0 aliphatic rings.